The number of carbonyl (C=O) groups is 1. The van der Waals surface area contributed by atoms with Crippen LogP contribution in [0.2, 0.25) is 0 Å². The van der Waals surface area contributed by atoms with Gasteiger partial charge in [0.1, 0.15) is 22.8 Å². The van der Waals surface area contributed by atoms with Crippen molar-refractivity contribution in [1.82, 2.24) is 24.8 Å². The Hall–Kier alpha value is -4.79. The number of benzene rings is 2. The number of ether oxygens (including phenoxy) is 1. The van der Waals surface area contributed by atoms with Gasteiger partial charge in [0.15, 0.2) is 11.5 Å². The third kappa shape index (κ3) is 5.17. The molecule has 5 aromatic rings. The lowest BCUT2D eigenvalue weighted by molar-refractivity contribution is 0.0523. The van der Waals surface area contributed by atoms with E-state index in [1.807, 2.05) is 48.5 Å². The summed E-state index contributed by atoms with van der Waals surface area (Å²) in [4.78, 5) is 25.9. The quantitative estimate of drug-likeness (QED) is 0.305. The summed E-state index contributed by atoms with van der Waals surface area (Å²) in [5.74, 6) is 0.290. The van der Waals surface area contributed by atoms with Gasteiger partial charge in [0, 0.05) is 23.9 Å². The van der Waals surface area contributed by atoms with E-state index in [0.29, 0.717) is 39.6 Å². The molecule has 0 unspecified atom stereocenters. The second-order valence-corrected chi connectivity index (χ2v) is 9.74. The third-order valence-electron chi connectivity index (χ3n) is 5.77. The normalized spacial score (nSPS) is 11.5. The number of hydrogen-bond acceptors (Lipinski definition) is 6. The summed E-state index contributed by atoms with van der Waals surface area (Å²) in [6.45, 7) is 5.27. The van der Waals surface area contributed by atoms with Gasteiger partial charge in [0.25, 0.3) is 0 Å². The van der Waals surface area contributed by atoms with Gasteiger partial charge in [0.2, 0.25) is 0 Å². The number of nitrogen functional groups attached to an aromatic ring is 1. The van der Waals surface area contributed by atoms with Gasteiger partial charge in [-0.15, -0.1) is 0 Å². The Morgan fingerprint density at radius 2 is 1.82 bits per heavy atom. The molecule has 0 radical (unpaired) electrons. The van der Waals surface area contributed by atoms with E-state index in [1.165, 1.54) is 6.07 Å². The van der Waals surface area contributed by atoms with E-state index in [-0.39, 0.29) is 6.54 Å². The van der Waals surface area contributed by atoms with Crippen LogP contribution in [-0.4, -0.2) is 31.2 Å². The molecule has 0 aliphatic carbocycles. The summed E-state index contributed by atoms with van der Waals surface area (Å²) >= 11 is 0. The first kappa shape index (κ1) is 24.9. The maximum absolute atomic E-state index is 15.3. The topological polar surface area (TPSA) is 108 Å². The smallest absolute Gasteiger partial charge is 0.407 e. The van der Waals surface area contributed by atoms with Crippen molar-refractivity contribution < 1.29 is 13.9 Å². The van der Waals surface area contributed by atoms with Gasteiger partial charge < -0.3 is 15.8 Å². The van der Waals surface area contributed by atoms with Crippen LogP contribution in [0.3, 0.4) is 0 Å². The summed E-state index contributed by atoms with van der Waals surface area (Å²) in [6.07, 6.45) is 0.984. The molecular formula is C29H27FN6O2. The second-order valence-electron chi connectivity index (χ2n) is 9.74. The largest absolute Gasteiger partial charge is 0.444 e. The minimum Gasteiger partial charge on any atom is -0.444 e. The maximum atomic E-state index is 15.3. The number of pyridine rings is 2. The van der Waals surface area contributed by atoms with Crippen molar-refractivity contribution in [2.45, 2.75) is 32.9 Å². The van der Waals surface area contributed by atoms with Crippen LogP contribution in [0.4, 0.5) is 15.0 Å². The number of imidazole rings is 1. The molecule has 0 saturated heterocycles. The average molecular weight is 511 g/mol. The number of halogens is 1. The Bertz CT molecular complexity index is 1630. The van der Waals surface area contributed by atoms with Crippen molar-refractivity contribution in [3.8, 4) is 28.3 Å². The molecular weight excluding hydrogens is 483 g/mol. The van der Waals surface area contributed by atoms with E-state index in [1.54, 1.807) is 49.7 Å². The number of hydrogen-bond donors (Lipinski definition) is 2. The van der Waals surface area contributed by atoms with Crippen molar-refractivity contribution >= 4 is 23.1 Å². The van der Waals surface area contributed by atoms with Crippen molar-refractivity contribution in [1.29, 1.82) is 0 Å². The zero-order valence-corrected chi connectivity index (χ0v) is 21.3. The molecule has 0 bridgehead atoms. The van der Waals surface area contributed by atoms with E-state index < -0.39 is 17.5 Å². The van der Waals surface area contributed by atoms with E-state index >= 15 is 4.39 Å². The summed E-state index contributed by atoms with van der Waals surface area (Å²) in [5.41, 5.74) is 9.83. The molecule has 3 heterocycles. The lowest BCUT2D eigenvalue weighted by atomic mass is 10.1. The van der Waals surface area contributed by atoms with E-state index in [9.17, 15) is 4.79 Å². The van der Waals surface area contributed by atoms with Crippen molar-refractivity contribution in [2.24, 2.45) is 0 Å². The molecule has 0 aliphatic heterocycles. The van der Waals surface area contributed by atoms with Crippen LogP contribution in [0.1, 0.15) is 26.3 Å². The fourth-order valence-electron chi connectivity index (χ4n) is 4.06. The molecule has 192 valence electrons. The molecule has 3 aromatic heterocycles. The molecule has 0 fully saturated rings. The zero-order chi connectivity index (χ0) is 26.9. The monoisotopic (exact) mass is 510 g/mol. The lowest BCUT2D eigenvalue weighted by Gasteiger charge is -2.19. The van der Waals surface area contributed by atoms with Crippen LogP contribution in [0.25, 0.3) is 39.5 Å². The maximum Gasteiger partial charge on any atom is 0.407 e. The van der Waals surface area contributed by atoms with Crippen molar-refractivity contribution in [2.75, 3.05) is 5.73 Å². The van der Waals surface area contributed by atoms with Crippen LogP contribution >= 0.6 is 0 Å². The molecule has 0 saturated carbocycles. The summed E-state index contributed by atoms with van der Waals surface area (Å²) in [6, 6.07) is 21.9. The molecule has 2 aromatic carbocycles. The zero-order valence-electron chi connectivity index (χ0n) is 21.3. The highest BCUT2D eigenvalue weighted by Gasteiger charge is 2.20. The third-order valence-corrected chi connectivity index (χ3v) is 5.77. The molecule has 0 aliphatic rings. The number of anilines is 1. The minimum atomic E-state index is -0.648. The Labute approximate surface area is 219 Å². The molecule has 0 spiro atoms. The van der Waals surface area contributed by atoms with Crippen LogP contribution in [-0.2, 0) is 11.3 Å². The molecule has 8 nitrogen and oxygen atoms in total. The first-order valence-corrected chi connectivity index (χ1v) is 12.1. The molecule has 3 N–H and O–H groups in total. The predicted octanol–water partition coefficient (Wildman–Crippen LogP) is 5.90. The number of amides is 1. The SMILES string of the molecule is CC(C)(C)OC(=O)NCc1ccc(-n2c(-c3cccnc3N)nc3ccc(-c4ccccc4)nc32)cc1F. The molecule has 5 rings (SSSR count). The fourth-order valence-corrected chi connectivity index (χ4v) is 4.06. The van der Waals surface area contributed by atoms with Gasteiger partial charge in [-0.2, -0.15) is 0 Å². The van der Waals surface area contributed by atoms with E-state index in [0.717, 1.165) is 11.3 Å². The van der Waals surface area contributed by atoms with Crippen LogP contribution in [0.5, 0.6) is 0 Å². The van der Waals surface area contributed by atoms with Gasteiger partial charge in [-0.25, -0.2) is 24.1 Å². The highest BCUT2D eigenvalue weighted by atomic mass is 19.1. The molecule has 1 amide bonds. The average Bonchev–Trinajstić information content (AvgIpc) is 3.26. The van der Waals surface area contributed by atoms with Gasteiger partial charge in [-0.05, 0) is 57.2 Å². The van der Waals surface area contributed by atoms with E-state index in [2.05, 4.69) is 10.3 Å². The van der Waals surface area contributed by atoms with Crippen LogP contribution < -0.4 is 11.1 Å². The number of nitrogens with zero attached hydrogens (tertiary/aromatic N) is 4. The van der Waals surface area contributed by atoms with Gasteiger partial charge >= 0.3 is 6.09 Å². The summed E-state index contributed by atoms with van der Waals surface area (Å²) < 4.78 is 22.3. The van der Waals surface area contributed by atoms with Gasteiger partial charge in [-0.1, -0.05) is 36.4 Å². The number of nitrogens with one attached hydrogen (secondary N) is 1. The first-order valence-electron chi connectivity index (χ1n) is 12.1. The van der Waals surface area contributed by atoms with Crippen molar-refractivity contribution in [3.63, 3.8) is 0 Å². The number of carbonyl (C=O) groups excluding carboxylic acids is 1. The Morgan fingerprint density at radius 3 is 2.53 bits per heavy atom. The van der Waals surface area contributed by atoms with Gasteiger partial charge in [-0.3, -0.25) is 4.57 Å². The summed E-state index contributed by atoms with van der Waals surface area (Å²) in [5, 5.41) is 2.59. The number of alkyl carbamates (subject to hydrolysis) is 1. The molecule has 0 atom stereocenters. The number of rotatable bonds is 5. The van der Waals surface area contributed by atoms with Gasteiger partial charge in [0.05, 0.1) is 16.9 Å². The Morgan fingerprint density at radius 1 is 1.03 bits per heavy atom. The first-order chi connectivity index (χ1) is 18.2. The van der Waals surface area contributed by atoms with Crippen LogP contribution in [0, 0.1) is 5.82 Å². The van der Waals surface area contributed by atoms with Crippen LogP contribution in [0.15, 0.2) is 79.0 Å². The van der Waals surface area contributed by atoms with E-state index in [4.69, 9.17) is 20.4 Å². The lowest BCUT2D eigenvalue weighted by Crippen LogP contribution is -2.32. The highest BCUT2D eigenvalue weighted by molar-refractivity contribution is 5.84. The van der Waals surface area contributed by atoms with Crippen molar-refractivity contribution in [3.05, 3.63) is 90.4 Å². The second kappa shape index (κ2) is 9.93. The molecule has 38 heavy (non-hydrogen) atoms. The molecule has 9 heteroatoms. The highest BCUT2D eigenvalue weighted by Crippen LogP contribution is 2.32. The Kier molecular flexibility index (Phi) is 6.50. The fraction of sp³-hybridized carbons (Fsp3) is 0.172. The number of aromatic nitrogens is 4. The standard InChI is InChI=1S/C29H27FN6O2/c1-29(2,3)38-28(37)33-17-19-11-12-20(16-22(19)30)36-26(21-10-7-15-32-25(21)31)35-24-14-13-23(34-27(24)36)18-8-5-4-6-9-18/h4-16H,17H2,1-3H3,(H2,31,32)(H,33,37). The Balaban J connectivity index is 1.59. The minimum absolute atomic E-state index is 0.0233. The number of fused-ring (bicyclic) bond motifs is 1. The summed E-state index contributed by atoms with van der Waals surface area (Å²) in [7, 11) is 0. The predicted molar refractivity (Wildman–Crippen MR) is 145 cm³/mol. The number of nitrogens with two attached hydrogens (primary N) is 1.